The van der Waals surface area contributed by atoms with Gasteiger partial charge in [0.05, 0.1) is 12.8 Å². The zero-order chi connectivity index (χ0) is 19.1. The molecule has 0 bridgehead atoms. The van der Waals surface area contributed by atoms with E-state index in [0.717, 1.165) is 5.56 Å². The highest BCUT2D eigenvalue weighted by Gasteiger charge is 2.08. The van der Waals surface area contributed by atoms with Crippen LogP contribution in [0.1, 0.15) is 45.4 Å². The molecule has 3 aromatic rings. The first-order valence-corrected chi connectivity index (χ1v) is 8.81. The smallest absolute Gasteiger partial charge is 0.251 e. The molecule has 1 aromatic heterocycles. The number of hydrogen-bond acceptors (Lipinski definition) is 4. The SMILES string of the molecule is CCC(=O)c1ccc(OCc2cccc(C(=O)NCc3ccco3)c2)cc1. The van der Waals surface area contributed by atoms with Crippen molar-refractivity contribution >= 4 is 11.7 Å². The van der Waals surface area contributed by atoms with Crippen molar-refractivity contribution in [2.75, 3.05) is 0 Å². The Balaban J connectivity index is 1.57. The zero-order valence-corrected chi connectivity index (χ0v) is 15.1. The van der Waals surface area contributed by atoms with Gasteiger partial charge in [-0.25, -0.2) is 0 Å². The lowest BCUT2D eigenvalue weighted by molar-refractivity contribution is 0.0946. The van der Waals surface area contributed by atoms with E-state index in [9.17, 15) is 9.59 Å². The monoisotopic (exact) mass is 363 g/mol. The maximum atomic E-state index is 12.3. The van der Waals surface area contributed by atoms with Crippen molar-refractivity contribution in [2.45, 2.75) is 26.5 Å². The highest BCUT2D eigenvalue weighted by atomic mass is 16.5. The van der Waals surface area contributed by atoms with Crippen molar-refractivity contribution in [1.29, 1.82) is 0 Å². The molecule has 0 saturated heterocycles. The Morgan fingerprint density at radius 1 is 1.00 bits per heavy atom. The van der Waals surface area contributed by atoms with Crippen molar-refractivity contribution in [3.63, 3.8) is 0 Å². The molecule has 0 spiro atoms. The number of nitrogens with one attached hydrogen (secondary N) is 1. The highest BCUT2D eigenvalue weighted by Crippen LogP contribution is 2.16. The number of furan rings is 1. The van der Waals surface area contributed by atoms with Gasteiger partial charge in [-0.2, -0.15) is 0 Å². The van der Waals surface area contributed by atoms with Crippen LogP contribution in [0.25, 0.3) is 0 Å². The van der Waals surface area contributed by atoms with Crippen LogP contribution in [0.2, 0.25) is 0 Å². The first-order chi connectivity index (χ1) is 13.2. The van der Waals surface area contributed by atoms with Crippen LogP contribution < -0.4 is 10.1 Å². The average molecular weight is 363 g/mol. The van der Waals surface area contributed by atoms with Gasteiger partial charge in [-0.3, -0.25) is 9.59 Å². The van der Waals surface area contributed by atoms with E-state index in [1.165, 1.54) is 0 Å². The molecule has 0 atom stereocenters. The van der Waals surface area contributed by atoms with E-state index in [-0.39, 0.29) is 11.7 Å². The summed E-state index contributed by atoms with van der Waals surface area (Å²) in [5, 5.41) is 2.82. The fourth-order valence-electron chi connectivity index (χ4n) is 2.59. The summed E-state index contributed by atoms with van der Waals surface area (Å²) in [5.74, 6) is 1.31. The molecule has 0 fully saturated rings. The summed E-state index contributed by atoms with van der Waals surface area (Å²) in [7, 11) is 0. The minimum absolute atomic E-state index is 0.106. The topological polar surface area (TPSA) is 68.5 Å². The molecular formula is C22H21NO4. The van der Waals surface area contributed by atoms with Gasteiger partial charge < -0.3 is 14.5 Å². The van der Waals surface area contributed by atoms with Gasteiger partial charge in [0.15, 0.2) is 5.78 Å². The Hall–Kier alpha value is -3.34. The Labute approximate surface area is 158 Å². The van der Waals surface area contributed by atoms with Gasteiger partial charge in [-0.1, -0.05) is 19.1 Å². The lowest BCUT2D eigenvalue weighted by atomic mass is 10.1. The van der Waals surface area contributed by atoms with Gasteiger partial charge in [-0.05, 0) is 54.1 Å². The second-order valence-corrected chi connectivity index (χ2v) is 6.05. The van der Waals surface area contributed by atoms with Crippen LogP contribution in [0, 0.1) is 0 Å². The summed E-state index contributed by atoms with van der Waals surface area (Å²) in [6.45, 7) is 2.51. The minimum atomic E-state index is -0.171. The molecule has 1 heterocycles. The molecule has 27 heavy (non-hydrogen) atoms. The summed E-state index contributed by atoms with van der Waals surface area (Å²) in [6, 6.07) is 18.0. The standard InChI is InChI=1S/C22H21NO4/c1-2-21(24)17-8-10-19(11-9-17)27-15-16-5-3-6-18(13-16)22(25)23-14-20-7-4-12-26-20/h3-13H,2,14-15H2,1H3,(H,23,25). The molecular weight excluding hydrogens is 342 g/mol. The van der Waals surface area contributed by atoms with E-state index >= 15 is 0 Å². The highest BCUT2D eigenvalue weighted by molar-refractivity contribution is 5.96. The third kappa shape index (κ3) is 5.07. The lowest BCUT2D eigenvalue weighted by Gasteiger charge is -2.09. The van der Waals surface area contributed by atoms with Crippen molar-refractivity contribution < 1.29 is 18.7 Å². The molecule has 138 valence electrons. The summed E-state index contributed by atoms with van der Waals surface area (Å²) in [6.07, 6.45) is 2.05. The van der Waals surface area contributed by atoms with Crippen LogP contribution in [0.15, 0.2) is 71.3 Å². The lowest BCUT2D eigenvalue weighted by Crippen LogP contribution is -2.22. The molecule has 0 saturated carbocycles. The number of rotatable bonds is 8. The first-order valence-electron chi connectivity index (χ1n) is 8.81. The summed E-state index contributed by atoms with van der Waals surface area (Å²) in [4.78, 5) is 23.9. The largest absolute Gasteiger partial charge is 0.489 e. The number of ether oxygens (including phenoxy) is 1. The van der Waals surface area contributed by atoms with Gasteiger partial charge in [0, 0.05) is 17.5 Å². The van der Waals surface area contributed by atoms with E-state index in [2.05, 4.69) is 5.32 Å². The molecule has 1 amide bonds. The van der Waals surface area contributed by atoms with E-state index < -0.39 is 0 Å². The first kappa shape index (κ1) is 18.5. The van der Waals surface area contributed by atoms with E-state index in [4.69, 9.17) is 9.15 Å². The normalized spacial score (nSPS) is 10.4. The van der Waals surface area contributed by atoms with Crippen LogP contribution in [0.4, 0.5) is 0 Å². The molecule has 0 radical (unpaired) electrons. The molecule has 0 aliphatic rings. The van der Waals surface area contributed by atoms with Crippen LogP contribution in [0.5, 0.6) is 5.75 Å². The molecule has 0 unspecified atom stereocenters. The van der Waals surface area contributed by atoms with Gasteiger partial charge in [-0.15, -0.1) is 0 Å². The predicted octanol–water partition coefficient (Wildman–Crippen LogP) is 4.38. The molecule has 0 aliphatic heterocycles. The van der Waals surface area contributed by atoms with Crippen LogP contribution in [-0.4, -0.2) is 11.7 Å². The summed E-state index contributed by atoms with van der Waals surface area (Å²) in [5.41, 5.74) is 2.13. The second-order valence-electron chi connectivity index (χ2n) is 6.05. The Kier molecular flexibility index (Phi) is 6.05. The second kappa shape index (κ2) is 8.85. The number of carbonyl (C=O) groups excluding carboxylic acids is 2. The maximum Gasteiger partial charge on any atom is 0.251 e. The van der Waals surface area contributed by atoms with Gasteiger partial charge in [0.1, 0.15) is 18.1 Å². The van der Waals surface area contributed by atoms with Crippen LogP contribution in [0.3, 0.4) is 0 Å². The quantitative estimate of drug-likeness (QED) is 0.603. The van der Waals surface area contributed by atoms with E-state index in [1.807, 2.05) is 25.1 Å². The van der Waals surface area contributed by atoms with Crippen molar-refractivity contribution in [2.24, 2.45) is 0 Å². The van der Waals surface area contributed by atoms with Crippen molar-refractivity contribution in [1.82, 2.24) is 5.32 Å². The number of hydrogen-bond donors (Lipinski definition) is 1. The minimum Gasteiger partial charge on any atom is -0.489 e. The van der Waals surface area contributed by atoms with E-state index in [1.54, 1.807) is 48.7 Å². The molecule has 5 heteroatoms. The maximum absolute atomic E-state index is 12.3. The average Bonchev–Trinajstić information content (AvgIpc) is 3.24. The fraction of sp³-hybridized carbons (Fsp3) is 0.182. The third-order valence-electron chi connectivity index (χ3n) is 4.10. The summed E-state index contributed by atoms with van der Waals surface area (Å²) >= 11 is 0. The van der Waals surface area contributed by atoms with Gasteiger partial charge >= 0.3 is 0 Å². The fourth-order valence-corrected chi connectivity index (χ4v) is 2.59. The van der Waals surface area contributed by atoms with Crippen molar-refractivity contribution in [3.8, 4) is 5.75 Å². The Morgan fingerprint density at radius 3 is 2.52 bits per heavy atom. The third-order valence-corrected chi connectivity index (χ3v) is 4.10. The Morgan fingerprint density at radius 2 is 1.81 bits per heavy atom. The Bertz CT molecular complexity index is 898. The number of benzene rings is 2. The predicted molar refractivity (Wildman–Crippen MR) is 102 cm³/mol. The molecule has 0 aliphatic carbocycles. The van der Waals surface area contributed by atoms with E-state index in [0.29, 0.717) is 42.2 Å². The molecule has 1 N–H and O–H groups in total. The van der Waals surface area contributed by atoms with Gasteiger partial charge in [0.2, 0.25) is 0 Å². The molecule has 3 rings (SSSR count). The number of ketones is 1. The van der Waals surface area contributed by atoms with Crippen LogP contribution >= 0.6 is 0 Å². The molecule has 2 aromatic carbocycles. The summed E-state index contributed by atoms with van der Waals surface area (Å²) < 4.78 is 11.0. The number of carbonyl (C=O) groups is 2. The zero-order valence-electron chi connectivity index (χ0n) is 15.1. The number of amides is 1. The van der Waals surface area contributed by atoms with Crippen LogP contribution in [-0.2, 0) is 13.2 Å². The van der Waals surface area contributed by atoms with Crippen molar-refractivity contribution in [3.05, 3.63) is 89.4 Å². The van der Waals surface area contributed by atoms with Gasteiger partial charge in [0.25, 0.3) is 5.91 Å². The molecule has 5 nitrogen and oxygen atoms in total. The number of Topliss-reactive ketones (excluding diaryl/α,β-unsaturated/α-hetero) is 1.